The van der Waals surface area contributed by atoms with E-state index in [4.69, 9.17) is 13.9 Å². The Morgan fingerprint density at radius 1 is 1.10 bits per heavy atom. The number of fused-ring (bicyclic) bond motifs is 1. The van der Waals surface area contributed by atoms with Crippen LogP contribution in [-0.2, 0) is 0 Å². The van der Waals surface area contributed by atoms with Crippen LogP contribution in [0.25, 0.3) is 22.4 Å². The number of phenolic OH excluding ortho intramolecular Hbond substituents is 1. The quantitative estimate of drug-likeness (QED) is 0.363. The molecule has 0 aliphatic rings. The number of amides is 1. The number of pyridine rings is 1. The van der Waals surface area contributed by atoms with E-state index >= 15 is 0 Å². The number of aromatic hydroxyl groups is 1. The summed E-state index contributed by atoms with van der Waals surface area (Å²) in [5, 5.41) is 14.7. The number of ether oxygens (including phenoxy) is 2. The highest BCUT2D eigenvalue weighted by atomic mass is 16.5. The molecule has 0 radical (unpaired) electrons. The molecule has 31 heavy (non-hydrogen) atoms. The Kier molecular flexibility index (Phi) is 5.53. The van der Waals surface area contributed by atoms with Gasteiger partial charge in [-0.3, -0.25) is 4.79 Å². The highest BCUT2D eigenvalue weighted by Gasteiger charge is 2.15. The van der Waals surface area contributed by atoms with E-state index in [2.05, 4.69) is 15.5 Å². The Balaban J connectivity index is 1.63. The third-order valence-electron chi connectivity index (χ3n) is 4.62. The molecule has 0 fully saturated rings. The van der Waals surface area contributed by atoms with Crippen LogP contribution >= 0.6 is 0 Å². The van der Waals surface area contributed by atoms with Crippen molar-refractivity contribution in [3.63, 3.8) is 0 Å². The summed E-state index contributed by atoms with van der Waals surface area (Å²) in [6.07, 6.45) is 2.98. The van der Waals surface area contributed by atoms with E-state index in [1.54, 1.807) is 36.6 Å². The molecule has 2 aromatic heterocycles. The molecule has 2 N–H and O–H groups in total. The standard InChI is InChI=1S/C23H19N3O5/c1-29-20-10-14(11-21(30-2)22(20)27)13-24-26-23(28)16-12-18(19-8-5-9-31-19)25-17-7-4-3-6-15(16)17/h3-13,27H,1-2H3,(H,26,28). The summed E-state index contributed by atoms with van der Waals surface area (Å²) in [4.78, 5) is 17.5. The lowest BCUT2D eigenvalue weighted by molar-refractivity contribution is 0.0956. The lowest BCUT2D eigenvalue weighted by Gasteiger charge is -2.09. The summed E-state index contributed by atoms with van der Waals surface area (Å²) < 4.78 is 15.7. The van der Waals surface area contributed by atoms with E-state index in [1.807, 2.05) is 24.3 Å². The fourth-order valence-electron chi connectivity index (χ4n) is 3.13. The molecule has 4 rings (SSSR count). The van der Waals surface area contributed by atoms with Crippen LogP contribution in [0.1, 0.15) is 15.9 Å². The van der Waals surface area contributed by atoms with Gasteiger partial charge in [0.05, 0.1) is 37.8 Å². The Bertz CT molecular complexity index is 1240. The number of furan rings is 1. The predicted molar refractivity (Wildman–Crippen MR) is 116 cm³/mol. The van der Waals surface area contributed by atoms with Gasteiger partial charge in [-0.25, -0.2) is 10.4 Å². The van der Waals surface area contributed by atoms with Crippen molar-refractivity contribution in [3.8, 4) is 28.7 Å². The van der Waals surface area contributed by atoms with Gasteiger partial charge in [0.25, 0.3) is 5.91 Å². The summed E-state index contributed by atoms with van der Waals surface area (Å²) in [5.74, 6) is 0.512. The number of nitrogens with zero attached hydrogens (tertiary/aromatic N) is 2. The van der Waals surface area contributed by atoms with E-state index in [-0.39, 0.29) is 17.2 Å². The molecule has 4 aromatic rings. The fraction of sp³-hybridized carbons (Fsp3) is 0.0870. The van der Waals surface area contributed by atoms with Crippen LogP contribution < -0.4 is 14.9 Å². The van der Waals surface area contributed by atoms with Crippen LogP contribution in [0.3, 0.4) is 0 Å². The second-order valence-electron chi connectivity index (χ2n) is 6.52. The van der Waals surface area contributed by atoms with Gasteiger partial charge in [0, 0.05) is 10.9 Å². The zero-order chi connectivity index (χ0) is 21.8. The number of nitrogens with one attached hydrogen (secondary N) is 1. The summed E-state index contributed by atoms with van der Waals surface area (Å²) in [6.45, 7) is 0. The van der Waals surface area contributed by atoms with E-state index in [0.29, 0.717) is 33.5 Å². The largest absolute Gasteiger partial charge is 0.502 e. The first-order valence-electron chi connectivity index (χ1n) is 9.32. The summed E-state index contributed by atoms with van der Waals surface area (Å²) in [6, 6.07) is 15.7. The Hall–Kier alpha value is -4.33. The van der Waals surface area contributed by atoms with Gasteiger partial charge >= 0.3 is 0 Å². The molecule has 2 aromatic carbocycles. The first kappa shape index (κ1) is 20.0. The lowest BCUT2D eigenvalue weighted by atomic mass is 10.1. The second-order valence-corrected chi connectivity index (χ2v) is 6.52. The Morgan fingerprint density at radius 3 is 2.52 bits per heavy atom. The van der Waals surface area contributed by atoms with Gasteiger partial charge in [-0.1, -0.05) is 18.2 Å². The molecule has 0 spiro atoms. The zero-order valence-electron chi connectivity index (χ0n) is 16.8. The second kappa shape index (κ2) is 8.58. The van der Waals surface area contributed by atoms with Gasteiger partial charge < -0.3 is 19.0 Å². The smallest absolute Gasteiger partial charge is 0.272 e. The van der Waals surface area contributed by atoms with Gasteiger partial charge in [0.15, 0.2) is 17.3 Å². The molecule has 0 bridgehead atoms. The molecule has 8 nitrogen and oxygen atoms in total. The average Bonchev–Trinajstić information content (AvgIpc) is 3.34. The monoisotopic (exact) mass is 417 g/mol. The number of carbonyl (C=O) groups excluding carboxylic acids is 1. The highest BCUT2D eigenvalue weighted by Crippen LogP contribution is 2.36. The lowest BCUT2D eigenvalue weighted by Crippen LogP contribution is -2.18. The average molecular weight is 417 g/mol. The van der Waals surface area contributed by atoms with Gasteiger partial charge in [0.2, 0.25) is 5.75 Å². The number of hydrogen-bond acceptors (Lipinski definition) is 7. The number of hydrogen-bond donors (Lipinski definition) is 2. The number of carbonyl (C=O) groups is 1. The van der Waals surface area contributed by atoms with Crippen molar-refractivity contribution in [1.82, 2.24) is 10.4 Å². The Labute approximate surface area is 177 Å². The Morgan fingerprint density at radius 2 is 1.84 bits per heavy atom. The molecule has 0 atom stereocenters. The minimum atomic E-state index is -0.402. The predicted octanol–water partition coefficient (Wildman–Crippen LogP) is 3.98. The third-order valence-corrected chi connectivity index (χ3v) is 4.62. The molecule has 156 valence electrons. The van der Waals surface area contributed by atoms with Crippen LogP contribution in [0.2, 0.25) is 0 Å². The van der Waals surface area contributed by atoms with Crippen LogP contribution in [0.15, 0.2) is 70.4 Å². The molecule has 0 unspecified atom stereocenters. The van der Waals surface area contributed by atoms with Gasteiger partial charge in [0.1, 0.15) is 5.69 Å². The number of rotatable bonds is 6. The normalized spacial score (nSPS) is 11.0. The van der Waals surface area contributed by atoms with Crippen LogP contribution in [0.4, 0.5) is 0 Å². The number of methoxy groups -OCH3 is 2. The molecule has 0 saturated heterocycles. The van der Waals surface area contributed by atoms with Crippen molar-refractivity contribution in [3.05, 3.63) is 72.0 Å². The number of para-hydroxylation sites is 1. The van der Waals surface area contributed by atoms with E-state index < -0.39 is 5.91 Å². The minimum Gasteiger partial charge on any atom is -0.502 e. The summed E-state index contributed by atoms with van der Waals surface area (Å²) in [5.41, 5.74) is 4.73. The molecular weight excluding hydrogens is 398 g/mol. The van der Waals surface area contributed by atoms with Crippen molar-refractivity contribution in [1.29, 1.82) is 0 Å². The number of phenols is 1. The fourth-order valence-corrected chi connectivity index (χ4v) is 3.13. The zero-order valence-corrected chi connectivity index (χ0v) is 16.8. The van der Waals surface area contributed by atoms with Crippen LogP contribution in [0, 0.1) is 0 Å². The van der Waals surface area contributed by atoms with Crippen molar-refractivity contribution in [2.45, 2.75) is 0 Å². The maximum atomic E-state index is 12.9. The van der Waals surface area contributed by atoms with E-state index in [0.717, 1.165) is 0 Å². The molecule has 0 aliphatic heterocycles. The minimum absolute atomic E-state index is 0.111. The molecule has 0 aliphatic carbocycles. The molecule has 1 amide bonds. The number of hydrazone groups is 1. The van der Waals surface area contributed by atoms with E-state index in [9.17, 15) is 9.90 Å². The van der Waals surface area contributed by atoms with Crippen molar-refractivity contribution < 1.29 is 23.8 Å². The topological polar surface area (TPSA) is 106 Å². The maximum Gasteiger partial charge on any atom is 0.272 e. The SMILES string of the molecule is COc1cc(C=NNC(=O)c2cc(-c3ccco3)nc3ccccc23)cc(OC)c1O. The number of benzene rings is 2. The van der Waals surface area contributed by atoms with Crippen LogP contribution in [0.5, 0.6) is 17.2 Å². The van der Waals surface area contributed by atoms with E-state index in [1.165, 1.54) is 20.4 Å². The third kappa shape index (κ3) is 4.04. The van der Waals surface area contributed by atoms with Crippen molar-refractivity contribution in [2.24, 2.45) is 5.10 Å². The van der Waals surface area contributed by atoms with Crippen LogP contribution in [-0.4, -0.2) is 36.4 Å². The molecule has 0 saturated carbocycles. The summed E-state index contributed by atoms with van der Waals surface area (Å²) in [7, 11) is 2.87. The number of aromatic nitrogens is 1. The van der Waals surface area contributed by atoms with Crippen molar-refractivity contribution >= 4 is 23.0 Å². The molecule has 2 heterocycles. The molecular formula is C23H19N3O5. The first-order valence-corrected chi connectivity index (χ1v) is 9.32. The van der Waals surface area contributed by atoms with Gasteiger partial charge in [-0.05, 0) is 36.4 Å². The summed E-state index contributed by atoms with van der Waals surface area (Å²) >= 11 is 0. The molecule has 8 heteroatoms. The van der Waals surface area contributed by atoms with Gasteiger partial charge in [-0.2, -0.15) is 5.10 Å². The van der Waals surface area contributed by atoms with Crippen molar-refractivity contribution in [2.75, 3.05) is 14.2 Å². The van der Waals surface area contributed by atoms with Gasteiger partial charge in [-0.15, -0.1) is 0 Å². The maximum absolute atomic E-state index is 12.9. The first-order chi connectivity index (χ1) is 15.1. The highest BCUT2D eigenvalue weighted by molar-refractivity contribution is 6.07.